The standard InChI is InChI=1S/C12H15NO/c1-4-12(14)13-8-11-7-5-6-9(2)10(11)3/h4-7H,1,8H2,2-3H3,(H,13,14). The van der Waals surface area contributed by atoms with Crippen LogP contribution in [0.15, 0.2) is 30.9 Å². The smallest absolute Gasteiger partial charge is 0.243 e. The highest BCUT2D eigenvalue weighted by Gasteiger charge is 2.01. The summed E-state index contributed by atoms with van der Waals surface area (Å²) in [5.41, 5.74) is 3.63. The van der Waals surface area contributed by atoms with Crippen LogP contribution in [-0.2, 0) is 11.3 Å². The van der Waals surface area contributed by atoms with E-state index in [1.165, 1.54) is 17.2 Å². The lowest BCUT2D eigenvalue weighted by Gasteiger charge is -2.08. The Balaban J connectivity index is 2.72. The monoisotopic (exact) mass is 189 g/mol. The fourth-order valence-electron chi connectivity index (χ4n) is 1.26. The number of rotatable bonds is 3. The van der Waals surface area contributed by atoms with E-state index < -0.39 is 0 Å². The first-order valence-corrected chi connectivity index (χ1v) is 4.60. The van der Waals surface area contributed by atoms with Gasteiger partial charge >= 0.3 is 0 Å². The molecule has 2 heteroatoms. The number of nitrogens with one attached hydrogen (secondary N) is 1. The van der Waals surface area contributed by atoms with Gasteiger partial charge in [-0.2, -0.15) is 0 Å². The number of amides is 1. The van der Waals surface area contributed by atoms with E-state index in [4.69, 9.17) is 0 Å². The number of benzene rings is 1. The minimum atomic E-state index is -0.133. The summed E-state index contributed by atoms with van der Waals surface area (Å²) < 4.78 is 0. The first-order chi connectivity index (χ1) is 6.65. The van der Waals surface area contributed by atoms with Crippen LogP contribution in [0.3, 0.4) is 0 Å². The van der Waals surface area contributed by atoms with Crippen molar-refractivity contribution in [3.63, 3.8) is 0 Å². The Labute approximate surface area is 84.6 Å². The van der Waals surface area contributed by atoms with Gasteiger partial charge in [-0.3, -0.25) is 4.79 Å². The number of carbonyl (C=O) groups excluding carboxylic acids is 1. The molecule has 0 spiro atoms. The van der Waals surface area contributed by atoms with Crippen molar-refractivity contribution in [1.82, 2.24) is 5.32 Å². The van der Waals surface area contributed by atoms with Crippen LogP contribution in [0.4, 0.5) is 0 Å². The summed E-state index contributed by atoms with van der Waals surface area (Å²) in [6.45, 7) is 8.09. The van der Waals surface area contributed by atoms with Gasteiger partial charge in [-0.05, 0) is 36.6 Å². The summed E-state index contributed by atoms with van der Waals surface area (Å²) in [6, 6.07) is 6.08. The van der Waals surface area contributed by atoms with E-state index in [1.807, 2.05) is 12.1 Å². The Bertz CT molecular complexity index is 355. The highest BCUT2D eigenvalue weighted by molar-refractivity contribution is 5.86. The van der Waals surface area contributed by atoms with Crippen molar-refractivity contribution in [1.29, 1.82) is 0 Å². The molecule has 0 aliphatic rings. The molecule has 1 aromatic rings. The number of carbonyl (C=O) groups is 1. The molecular weight excluding hydrogens is 174 g/mol. The van der Waals surface area contributed by atoms with Gasteiger partial charge in [0.25, 0.3) is 0 Å². The summed E-state index contributed by atoms with van der Waals surface area (Å²) >= 11 is 0. The van der Waals surface area contributed by atoms with Gasteiger partial charge in [-0.25, -0.2) is 0 Å². The number of hydrogen-bond acceptors (Lipinski definition) is 1. The topological polar surface area (TPSA) is 29.1 Å². The lowest BCUT2D eigenvalue weighted by atomic mass is 10.0. The quantitative estimate of drug-likeness (QED) is 0.725. The highest BCUT2D eigenvalue weighted by Crippen LogP contribution is 2.11. The maximum absolute atomic E-state index is 11.0. The SMILES string of the molecule is C=CC(=O)NCc1cccc(C)c1C. The van der Waals surface area contributed by atoms with Gasteiger partial charge in [0.15, 0.2) is 0 Å². The van der Waals surface area contributed by atoms with Crippen molar-refractivity contribution < 1.29 is 4.79 Å². The van der Waals surface area contributed by atoms with Gasteiger partial charge in [0.05, 0.1) is 0 Å². The Kier molecular flexibility index (Phi) is 3.46. The van der Waals surface area contributed by atoms with E-state index in [1.54, 1.807) is 0 Å². The lowest BCUT2D eigenvalue weighted by Crippen LogP contribution is -2.20. The molecule has 0 saturated heterocycles. The number of hydrogen-bond donors (Lipinski definition) is 1. The molecule has 1 amide bonds. The first kappa shape index (κ1) is 10.5. The van der Waals surface area contributed by atoms with E-state index in [0.29, 0.717) is 6.54 Å². The fourth-order valence-corrected chi connectivity index (χ4v) is 1.26. The Hall–Kier alpha value is -1.57. The van der Waals surface area contributed by atoms with Gasteiger partial charge < -0.3 is 5.32 Å². The maximum Gasteiger partial charge on any atom is 0.243 e. The van der Waals surface area contributed by atoms with Crippen molar-refractivity contribution in [3.8, 4) is 0 Å². The van der Waals surface area contributed by atoms with Crippen LogP contribution in [0.2, 0.25) is 0 Å². The van der Waals surface area contributed by atoms with Gasteiger partial charge in [-0.1, -0.05) is 24.8 Å². The summed E-state index contributed by atoms with van der Waals surface area (Å²) in [7, 11) is 0. The average molecular weight is 189 g/mol. The molecule has 0 saturated carbocycles. The van der Waals surface area contributed by atoms with Crippen LogP contribution in [0.1, 0.15) is 16.7 Å². The molecule has 0 radical (unpaired) electrons. The zero-order valence-corrected chi connectivity index (χ0v) is 8.63. The molecule has 0 aliphatic heterocycles. The summed E-state index contributed by atoms with van der Waals surface area (Å²) in [4.78, 5) is 11.0. The van der Waals surface area contributed by atoms with E-state index in [2.05, 4.69) is 31.8 Å². The second-order valence-corrected chi connectivity index (χ2v) is 3.28. The summed E-state index contributed by atoms with van der Waals surface area (Å²) in [5, 5.41) is 2.76. The van der Waals surface area contributed by atoms with Gasteiger partial charge in [0.2, 0.25) is 5.91 Å². The summed E-state index contributed by atoms with van der Waals surface area (Å²) in [5.74, 6) is -0.133. The minimum Gasteiger partial charge on any atom is -0.348 e. The zero-order valence-electron chi connectivity index (χ0n) is 8.63. The number of aryl methyl sites for hydroxylation is 1. The predicted molar refractivity (Wildman–Crippen MR) is 58.0 cm³/mol. The largest absolute Gasteiger partial charge is 0.348 e. The fraction of sp³-hybridized carbons (Fsp3) is 0.250. The molecule has 0 aliphatic carbocycles. The third-order valence-electron chi connectivity index (χ3n) is 2.36. The second-order valence-electron chi connectivity index (χ2n) is 3.28. The molecule has 14 heavy (non-hydrogen) atoms. The molecule has 0 heterocycles. The van der Waals surface area contributed by atoms with Crippen molar-refractivity contribution in [2.45, 2.75) is 20.4 Å². The molecule has 0 bridgehead atoms. The lowest BCUT2D eigenvalue weighted by molar-refractivity contribution is -0.116. The van der Waals surface area contributed by atoms with Crippen LogP contribution in [0, 0.1) is 13.8 Å². The minimum absolute atomic E-state index is 0.133. The molecule has 2 nitrogen and oxygen atoms in total. The molecular formula is C12H15NO. The van der Waals surface area contributed by atoms with E-state index in [0.717, 1.165) is 5.56 Å². The maximum atomic E-state index is 11.0. The molecule has 1 rings (SSSR count). The van der Waals surface area contributed by atoms with Crippen molar-refractivity contribution in [3.05, 3.63) is 47.5 Å². The first-order valence-electron chi connectivity index (χ1n) is 4.60. The Morgan fingerprint density at radius 1 is 1.50 bits per heavy atom. The zero-order chi connectivity index (χ0) is 10.6. The molecule has 0 atom stereocenters. The van der Waals surface area contributed by atoms with E-state index in [9.17, 15) is 4.79 Å². The van der Waals surface area contributed by atoms with Gasteiger partial charge in [0, 0.05) is 6.54 Å². The second kappa shape index (κ2) is 4.61. The van der Waals surface area contributed by atoms with Crippen LogP contribution < -0.4 is 5.32 Å². The van der Waals surface area contributed by atoms with Crippen molar-refractivity contribution >= 4 is 5.91 Å². The van der Waals surface area contributed by atoms with Crippen LogP contribution >= 0.6 is 0 Å². The molecule has 0 fully saturated rings. The van der Waals surface area contributed by atoms with Crippen LogP contribution in [0.5, 0.6) is 0 Å². The molecule has 1 aromatic carbocycles. The van der Waals surface area contributed by atoms with Crippen LogP contribution in [-0.4, -0.2) is 5.91 Å². The normalized spacial score (nSPS) is 9.57. The van der Waals surface area contributed by atoms with Crippen molar-refractivity contribution in [2.75, 3.05) is 0 Å². The molecule has 74 valence electrons. The summed E-state index contributed by atoms with van der Waals surface area (Å²) in [6.07, 6.45) is 1.28. The van der Waals surface area contributed by atoms with Crippen LogP contribution in [0.25, 0.3) is 0 Å². The highest BCUT2D eigenvalue weighted by atomic mass is 16.1. The predicted octanol–water partition coefficient (Wildman–Crippen LogP) is 2.11. The van der Waals surface area contributed by atoms with E-state index >= 15 is 0 Å². The van der Waals surface area contributed by atoms with Gasteiger partial charge in [0.1, 0.15) is 0 Å². The Morgan fingerprint density at radius 3 is 2.86 bits per heavy atom. The average Bonchev–Trinajstić information content (AvgIpc) is 2.20. The molecule has 1 N–H and O–H groups in total. The molecule has 0 unspecified atom stereocenters. The third-order valence-corrected chi connectivity index (χ3v) is 2.36. The molecule has 0 aromatic heterocycles. The Morgan fingerprint density at radius 2 is 2.21 bits per heavy atom. The van der Waals surface area contributed by atoms with Gasteiger partial charge in [-0.15, -0.1) is 0 Å². The van der Waals surface area contributed by atoms with Crippen molar-refractivity contribution in [2.24, 2.45) is 0 Å². The van der Waals surface area contributed by atoms with E-state index in [-0.39, 0.29) is 5.91 Å². The third kappa shape index (κ3) is 2.46.